The average molecular weight is 393 g/mol. The van der Waals surface area contributed by atoms with Gasteiger partial charge in [-0.1, -0.05) is 17.3 Å². The molecule has 5 rings (SSSR count). The van der Waals surface area contributed by atoms with Crippen molar-refractivity contribution in [3.8, 4) is 22.7 Å². The van der Waals surface area contributed by atoms with Crippen LogP contribution in [0.2, 0.25) is 0 Å². The molecule has 0 amide bonds. The van der Waals surface area contributed by atoms with Gasteiger partial charge in [0.2, 0.25) is 5.89 Å². The predicted octanol–water partition coefficient (Wildman–Crippen LogP) is 3.86. The zero-order chi connectivity index (χ0) is 19.8. The summed E-state index contributed by atoms with van der Waals surface area (Å²) in [4.78, 5) is 7.35. The number of hydrogen-bond donors (Lipinski definition) is 1. The minimum atomic E-state index is -2.79. The molecule has 0 radical (unpaired) electrons. The van der Waals surface area contributed by atoms with Crippen LogP contribution < -0.4 is 0 Å². The van der Waals surface area contributed by atoms with Gasteiger partial charge in [-0.2, -0.15) is 8.78 Å². The summed E-state index contributed by atoms with van der Waals surface area (Å²) in [6.07, 6.45) is 2.64. The van der Waals surface area contributed by atoms with Gasteiger partial charge >= 0.3 is 6.43 Å². The van der Waals surface area contributed by atoms with Crippen LogP contribution >= 0.6 is 0 Å². The fraction of sp³-hybridized carbons (Fsp3) is 0.105. The molecule has 0 saturated heterocycles. The zero-order valence-electron chi connectivity index (χ0n) is 14.8. The van der Waals surface area contributed by atoms with Gasteiger partial charge in [0.15, 0.2) is 0 Å². The number of rotatable bonds is 5. The summed E-state index contributed by atoms with van der Waals surface area (Å²) in [7, 11) is 0. The Hall–Kier alpha value is -3.95. The number of nitrogens with one attached hydrogen (secondary N) is 1. The van der Waals surface area contributed by atoms with E-state index >= 15 is 0 Å². The molecule has 0 aliphatic rings. The summed E-state index contributed by atoms with van der Waals surface area (Å²) < 4.78 is 31.8. The third-order valence-electron chi connectivity index (χ3n) is 4.45. The first-order chi connectivity index (χ1) is 14.2. The Morgan fingerprint density at radius 2 is 1.90 bits per heavy atom. The highest BCUT2D eigenvalue weighted by Crippen LogP contribution is 2.26. The second-order valence-corrected chi connectivity index (χ2v) is 6.34. The van der Waals surface area contributed by atoms with E-state index in [2.05, 4.69) is 30.5 Å². The summed E-state index contributed by atoms with van der Waals surface area (Å²) in [5.41, 5.74) is 4.02. The Bertz CT molecular complexity index is 1270. The van der Waals surface area contributed by atoms with Gasteiger partial charge < -0.3 is 9.40 Å². The maximum atomic E-state index is 12.6. The summed E-state index contributed by atoms with van der Waals surface area (Å²) in [5, 5.41) is 16.4. The molecule has 10 heteroatoms. The highest BCUT2D eigenvalue weighted by Gasteiger charge is 2.17. The minimum absolute atomic E-state index is 0.0584. The third-order valence-corrected chi connectivity index (χ3v) is 4.45. The lowest BCUT2D eigenvalue weighted by Gasteiger charge is -2.02. The molecule has 1 N–H and O–H groups in total. The molecule has 0 atom stereocenters. The van der Waals surface area contributed by atoms with Crippen molar-refractivity contribution < 1.29 is 13.2 Å². The van der Waals surface area contributed by atoms with Crippen molar-refractivity contribution in [2.75, 3.05) is 0 Å². The number of benzene rings is 1. The molecular formula is C19H13F2N7O. The molecule has 1 aromatic carbocycles. The number of aromatic amines is 1. The van der Waals surface area contributed by atoms with Crippen molar-refractivity contribution >= 4 is 11.0 Å². The second kappa shape index (κ2) is 6.89. The fourth-order valence-electron chi connectivity index (χ4n) is 3.06. The molecule has 0 unspecified atom stereocenters. The van der Waals surface area contributed by atoms with Gasteiger partial charge in [0.25, 0.3) is 5.89 Å². The number of nitrogens with zero attached hydrogens (tertiary/aromatic N) is 6. The first-order valence-electron chi connectivity index (χ1n) is 8.71. The average Bonchev–Trinajstić information content (AvgIpc) is 3.48. The molecule has 29 heavy (non-hydrogen) atoms. The standard InChI is InChI=1S/C19H13F2N7O/c20-16(21)19-26-25-18(29-19)12-3-1-11(2-4-12)9-28-10-15(24-27-28)13-5-7-22-17-14(13)6-8-23-17/h1-8,10,16H,9H2,(H,22,23). The number of alkyl halides is 2. The molecule has 4 aromatic heterocycles. The van der Waals surface area contributed by atoms with E-state index in [0.717, 1.165) is 27.9 Å². The maximum absolute atomic E-state index is 12.6. The van der Waals surface area contributed by atoms with Crippen LogP contribution in [-0.2, 0) is 6.54 Å². The molecule has 0 aliphatic heterocycles. The molecule has 0 spiro atoms. The number of halogens is 2. The largest absolute Gasteiger partial charge is 0.415 e. The van der Waals surface area contributed by atoms with Crippen molar-refractivity contribution in [1.82, 2.24) is 35.2 Å². The highest BCUT2D eigenvalue weighted by molar-refractivity contribution is 5.91. The summed E-state index contributed by atoms with van der Waals surface area (Å²) >= 11 is 0. The topological polar surface area (TPSA) is 98.3 Å². The lowest BCUT2D eigenvalue weighted by molar-refractivity contribution is 0.116. The van der Waals surface area contributed by atoms with Crippen LogP contribution in [-0.4, -0.2) is 35.2 Å². The van der Waals surface area contributed by atoms with Crippen molar-refractivity contribution in [2.24, 2.45) is 0 Å². The molecule has 4 heterocycles. The van der Waals surface area contributed by atoms with E-state index in [9.17, 15) is 8.78 Å². The number of pyridine rings is 1. The molecular weight excluding hydrogens is 380 g/mol. The molecule has 144 valence electrons. The molecule has 0 saturated carbocycles. The Kier molecular flexibility index (Phi) is 4.08. The zero-order valence-corrected chi connectivity index (χ0v) is 14.8. The summed E-state index contributed by atoms with van der Waals surface area (Å²) in [5.74, 6) is -0.630. The van der Waals surface area contributed by atoms with Crippen LogP contribution in [0.5, 0.6) is 0 Å². The number of aromatic nitrogens is 7. The van der Waals surface area contributed by atoms with Gasteiger partial charge in [-0.05, 0) is 29.8 Å². The van der Waals surface area contributed by atoms with E-state index in [1.807, 2.05) is 36.7 Å². The van der Waals surface area contributed by atoms with Crippen LogP contribution in [0.3, 0.4) is 0 Å². The van der Waals surface area contributed by atoms with Gasteiger partial charge in [-0.25, -0.2) is 9.67 Å². The smallest absolute Gasteiger partial charge is 0.314 e. The normalized spacial score (nSPS) is 11.6. The molecule has 8 nitrogen and oxygen atoms in total. The van der Waals surface area contributed by atoms with Crippen LogP contribution in [0.25, 0.3) is 33.7 Å². The highest BCUT2D eigenvalue weighted by atomic mass is 19.3. The van der Waals surface area contributed by atoms with E-state index in [1.165, 1.54) is 0 Å². The Labute approximate surface area is 162 Å². The Morgan fingerprint density at radius 3 is 2.69 bits per heavy atom. The van der Waals surface area contributed by atoms with E-state index in [4.69, 9.17) is 4.42 Å². The van der Waals surface area contributed by atoms with Crippen LogP contribution in [0.1, 0.15) is 17.9 Å². The quantitative estimate of drug-likeness (QED) is 0.487. The third kappa shape index (κ3) is 3.24. The first kappa shape index (κ1) is 17.2. The number of H-pyrrole nitrogens is 1. The lowest BCUT2D eigenvalue weighted by Crippen LogP contribution is -2.00. The monoisotopic (exact) mass is 393 g/mol. The molecule has 0 fully saturated rings. The molecule has 0 bridgehead atoms. The van der Waals surface area contributed by atoms with E-state index in [1.54, 1.807) is 23.0 Å². The maximum Gasteiger partial charge on any atom is 0.314 e. The van der Waals surface area contributed by atoms with E-state index in [0.29, 0.717) is 12.1 Å². The lowest BCUT2D eigenvalue weighted by atomic mass is 10.1. The van der Waals surface area contributed by atoms with Crippen LogP contribution in [0, 0.1) is 0 Å². The Morgan fingerprint density at radius 1 is 1.03 bits per heavy atom. The minimum Gasteiger partial charge on any atom is -0.415 e. The van der Waals surface area contributed by atoms with Gasteiger partial charge in [0.05, 0.1) is 12.7 Å². The second-order valence-electron chi connectivity index (χ2n) is 6.34. The molecule has 5 aromatic rings. The summed E-state index contributed by atoms with van der Waals surface area (Å²) in [6.45, 7) is 0.501. The SMILES string of the molecule is FC(F)c1nnc(-c2ccc(Cn3cc(-c4ccnc5[nH]ccc45)nn3)cc2)o1. The van der Waals surface area contributed by atoms with Gasteiger partial charge in [-0.15, -0.1) is 15.3 Å². The van der Waals surface area contributed by atoms with Crippen molar-refractivity contribution in [1.29, 1.82) is 0 Å². The van der Waals surface area contributed by atoms with Crippen LogP contribution in [0.4, 0.5) is 8.78 Å². The predicted molar refractivity (Wildman–Crippen MR) is 98.9 cm³/mol. The van der Waals surface area contributed by atoms with Crippen molar-refractivity contribution in [3.63, 3.8) is 0 Å². The number of hydrogen-bond acceptors (Lipinski definition) is 6. The molecule has 0 aliphatic carbocycles. The van der Waals surface area contributed by atoms with E-state index < -0.39 is 12.3 Å². The first-order valence-corrected chi connectivity index (χ1v) is 8.71. The van der Waals surface area contributed by atoms with Gasteiger partial charge in [0.1, 0.15) is 11.3 Å². The number of fused-ring (bicyclic) bond motifs is 1. The fourth-order valence-corrected chi connectivity index (χ4v) is 3.06. The van der Waals surface area contributed by atoms with Crippen LogP contribution in [0.15, 0.2) is 59.4 Å². The Balaban J connectivity index is 1.35. The van der Waals surface area contributed by atoms with E-state index in [-0.39, 0.29) is 5.89 Å². The van der Waals surface area contributed by atoms with Crippen molar-refractivity contribution in [2.45, 2.75) is 13.0 Å². The summed E-state index contributed by atoms with van der Waals surface area (Å²) in [6, 6.07) is 11.0. The van der Waals surface area contributed by atoms with Crippen molar-refractivity contribution in [3.05, 3.63) is 66.4 Å². The van der Waals surface area contributed by atoms with Gasteiger partial charge in [0, 0.05) is 28.9 Å². The van der Waals surface area contributed by atoms with Gasteiger partial charge in [-0.3, -0.25) is 0 Å².